The molecule has 9 rings (SSSR count). The zero-order chi connectivity index (χ0) is 33.6. The quantitative estimate of drug-likeness (QED) is 0.163. The minimum atomic E-state index is 1.00. The summed E-state index contributed by atoms with van der Waals surface area (Å²) in [6, 6.07) is 53.6. The summed E-state index contributed by atoms with van der Waals surface area (Å²) in [4.78, 5) is 13.6. The monoisotopic (exact) mass is 823 g/mol. The molecule has 0 fully saturated rings. The van der Waals surface area contributed by atoms with Gasteiger partial charge in [0.15, 0.2) is 0 Å². The first-order valence-electron chi connectivity index (χ1n) is 15.7. The number of hydrogen-bond acceptors (Lipinski definition) is 3. The number of fused-ring (bicyclic) bond motifs is 5. The third-order valence-corrected chi connectivity index (χ3v) is 9.75. The number of pyridine rings is 3. The van der Waals surface area contributed by atoms with Gasteiger partial charge < -0.3 is 0 Å². The van der Waals surface area contributed by atoms with Crippen molar-refractivity contribution in [3.63, 3.8) is 0 Å². The number of nitrogens with zero attached hydrogens (tertiary/aromatic N) is 3. The van der Waals surface area contributed by atoms with Gasteiger partial charge in [-0.2, -0.15) is 0 Å². The van der Waals surface area contributed by atoms with E-state index in [1.165, 1.54) is 32.3 Å². The molecule has 3 heterocycles. The minimum absolute atomic E-state index is 1.00. The van der Waals surface area contributed by atoms with Crippen molar-refractivity contribution in [2.75, 3.05) is 0 Å². The van der Waals surface area contributed by atoms with Crippen LogP contribution in [-0.2, 0) is 0 Å². The van der Waals surface area contributed by atoms with Crippen LogP contribution < -0.4 is 0 Å². The van der Waals surface area contributed by atoms with E-state index in [0.717, 1.165) is 47.0 Å². The maximum Gasteiger partial charge on any atom is 0.0780 e. The van der Waals surface area contributed by atoms with E-state index < -0.39 is 0 Å². The van der Waals surface area contributed by atoms with E-state index in [1.807, 2.05) is 85.2 Å². The van der Waals surface area contributed by atoms with Gasteiger partial charge in [0.05, 0.1) is 22.4 Å². The van der Waals surface area contributed by atoms with Crippen LogP contribution >= 0.6 is 47.8 Å². The molecule has 236 valence electrons. The van der Waals surface area contributed by atoms with Crippen LogP contribution in [0.25, 0.3) is 65.9 Å². The Labute approximate surface area is 310 Å². The Morgan fingerprint density at radius 2 is 1.08 bits per heavy atom. The Morgan fingerprint density at radius 3 is 1.92 bits per heavy atom. The van der Waals surface area contributed by atoms with Crippen LogP contribution in [0.5, 0.6) is 0 Å². The predicted molar refractivity (Wildman–Crippen MR) is 217 cm³/mol. The SMILES string of the molecule is Brc1cccc(-c2ccc3ccccc3n2)c1.Brc1cccc(-c2nccc3ccccc23)c1.Brc1cccc2c1ccc1cccnc12. The number of rotatable bonds is 2. The topological polar surface area (TPSA) is 38.7 Å². The summed E-state index contributed by atoms with van der Waals surface area (Å²) in [5.41, 5.74) is 6.40. The summed E-state index contributed by atoms with van der Waals surface area (Å²) < 4.78 is 3.27. The zero-order valence-electron chi connectivity index (χ0n) is 26.1. The average Bonchev–Trinajstić information content (AvgIpc) is 3.15. The molecule has 6 heteroatoms. The van der Waals surface area contributed by atoms with Crippen molar-refractivity contribution in [2.45, 2.75) is 0 Å². The first-order valence-corrected chi connectivity index (χ1v) is 18.0. The van der Waals surface area contributed by atoms with Crippen LogP contribution in [0.4, 0.5) is 0 Å². The minimum Gasteiger partial charge on any atom is -0.256 e. The molecule has 0 N–H and O–H groups in total. The highest BCUT2D eigenvalue weighted by Gasteiger charge is 2.05. The van der Waals surface area contributed by atoms with E-state index in [9.17, 15) is 0 Å². The third-order valence-electron chi connectivity index (χ3n) is 8.07. The van der Waals surface area contributed by atoms with Crippen LogP contribution in [0.15, 0.2) is 184 Å². The first kappa shape index (κ1) is 32.8. The molecule has 0 radical (unpaired) electrons. The molecule has 0 amide bonds. The number of hydrogen-bond donors (Lipinski definition) is 0. The Hall–Kier alpha value is -4.75. The van der Waals surface area contributed by atoms with Gasteiger partial charge in [-0.05, 0) is 65.4 Å². The molecule has 0 atom stereocenters. The predicted octanol–water partition coefficient (Wildman–Crippen LogP) is 13.5. The lowest BCUT2D eigenvalue weighted by Gasteiger charge is -2.05. The number of para-hydroxylation sites is 1. The molecule has 0 unspecified atom stereocenters. The molecule has 0 saturated carbocycles. The average molecular weight is 826 g/mol. The first-order chi connectivity index (χ1) is 24.0. The molecule has 0 saturated heterocycles. The fourth-order valence-corrected chi connectivity index (χ4v) is 7.02. The molecule has 0 spiro atoms. The van der Waals surface area contributed by atoms with Crippen LogP contribution in [0.3, 0.4) is 0 Å². The van der Waals surface area contributed by atoms with Crippen molar-refractivity contribution in [1.29, 1.82) is 0 Å². The molecule has 49 heavy (non-hydrogen) atoms. The van der Waals surface area contributed by atoms with Gasteiger partial charge in [-0.3, -0.25) is 9.97 Å². The van der Waals surface area contributed by atoms with E-state index >= 15 is 0 Å². The maximum absolute atomic E-state index is 4.67. The fraction of sp³-hybridized carbons (Fsp3) is 0. The second-order valence-corrected chi connectivity index (χ2v) is 14.0. The van der Waals surface area contributed by atoms with E-state index in [2.05, 4.69) is 148 Å². The van der Waals surface area contributed by atoms with Gasteiger partial charge in [0.2, 0.25) is 0 Å². The molecular formula is C43H28Br3N3. The standard InChI is InChI=1S/2C15H10BrN.C13H8BrN/c16-13-6-3-5-12(10-13)15-14-7-2-1-4-11(14)8-9-17-15;16-13-6-3-5-12(10-13)15-9-8-11-4-1-2-7-14(11)17-15;14-12-5-1-4-11-10(12)7-6-9-3-2-8-15-13(9)11/h2*1-10H;1-8H. The molecule has 9 aromatic rings. The summed E-state index contributed by atoms with van der Waals surface area (Å²) in [6.07, 6.45) is 3.70. The molecule has 6 aromatic carbocycles. The van der Waals surface area contributed by atoms with Gasteiger partial charge in [0, 0.05) is 58.5 Å². The van der Waals surface area contributed by atoms with Gasteiger partial charge in [-0.25, -0.2) is 4.98 Å². The van der Waals surface area contributed by atoms with Crippen LogP contribution in [-0.4, -0.2) is 15.0 Å². The van der Waals surface area contributed by atoms with E-state index in [4.69, 9.17) is 0 Å². The maximum atomic E-state index is 4.67. The van der Waals surface area contributed by atoms with Gasteiger partial charge in [-0.15, -0.1) is 0 Å². The van der Waals surface area contributed by atoms with Crippen molar-refractivity contribution in [3.05, 3.63) is 184 Å². The van der Waals surface area contributed by atoms with Crippen LogP contribution in [0.1, 0.15) is 0 Å². The molecule has 0 bridgehead atoms. The summed E-state index contributed by atoms with van der Waals surface area (Å²) in [7, 11) is 0. The lowest BCUT2D eigenvalue weighted by Crippen LogP contribution is -1.85. The Bertz CT molecular complexity index is 2560. The Kier molecular flexibility index (Phi) is 10.2. The van der Waals surface area contributed by atoms with Crippen LogP contribution in [0, 0.1) is 0 Å². The highest BCUT2D eigenvalue weighted by molar-refractivity contribution is 9.11. The van der Waals surface area contributed by atoms with E-state index in [1.54, 1.807) is 0 Å². The van der Waals surface area contributed by atoms with Gasteiger partial charge in [0.1, 0.15) is 0 Å². The number of benzene rings is 6. The molecule has 3 aromatic heterocycles. The van der Waals surface area contributed by atoms with Crippen molar-refractivity contribution in [1.82, 2.24) is 15.0 Å². The summed E-state index contributed by atoms with van der Waals surface area (Å²) in [5, 5.41) is 7.17. The fourth-order valence-electron chi connectivity index (χ4n) is 5.72. The van der Waals surface area contributed by atoms with E-state index in [-0.39, 0.29) is 0 Å². The largest absolute Gasteiger partial charge is 0.256 e. The summed E-state index contributed by atoms with van der Waals surface area (Å²) in [6.45, 7) is 0. The zero-order valence-corrected chi connectivity index (χ0v) is 30.9. The highest BCUT2D eigenvalue weighted by atomic mass is 79.9. The van der Waals surface area contributed by atoms with Gasteiger partial charge >= 0.3 is 0 Å². The second kappa shape index (κ2) is 15.2. The highest BCUT2D eigenvalue weighted by Crippen LogP contribution is 2.30. The molecule has 3 nitrogen and oxygen atoms in total. The normalized spacial score (nSPS) is 10.8. The number of aromatic nitrogens is 3. The molecule has 0 aliphatic rings. The Balaban J connectivity index is 0.000000116. The third kappa shape index (κ3) is 7.62. The smallest absolute Gasteiger partial charge is 0.0780 e. The van der Waals surface area contributed by atoms with Crippen LogP contribution in [0.2, 0.25) is 0 Å². The lowest BCUT2D eigenvalue weighted by molar-refractivity contribution is 1.35. The second-order valence-electron chi connectivity index (χ2n) is 11.3. The number of halogens is 3. The van der Waals surface area contributed by atoms with E-state index in [0.29, 0.717) is 0 Å². The lowest BCUT2D eigenvalue weighted by atomic mass is 10.0. The summed E-state index contributed by atoms with van der Waals surface area (Å²) >= 11 is 10.5. The van der Waals surface area contributed by atoms with Gasteiger partial charge in [0.25, 0.3) is 0 Å². The van der Waals surface area contributed by atoms with Gasteiger partial charge in [-0.1, -0.05) is 151 Å². The van der Waals surface area contributed by atoms with Crippen molar-refractivity contribution < 1.29 is 0 Å². The van der Waals surface area contributed by atoms with Crippen molar-refractivity contribution in [3.8, 4) is 22.5 Å². The summed E-state index contributed by atoms with van der Waals surface area (Å²) in [5.74, 6) is 0. The van der Waals surface area contributed by atoms with Crippen molar-refractivity contribution >= 4 is 91.1 Å². The van der Waals surface area contributed by atoms with Crippen molar-refractivity contribution in [2.24, 2.45) is 0 Å². The Morgan fingerprint density at radius 1 is 0.408 bits per heavy atom. The molecule has 0 aliphatic heterocycles. The molecule has 0 aliphatic carbocycles. The molecular weight excluding hydrogens is 798 g/mol.